The van der Waals surface area contributed by atoms with Gasteiger partial charge in [0, 0.05) is 32.6 Å². The molecule has 2 unspecified atom stereocenters. The van der Waals surface area contributed by atoms with Crippen LogP contribution in [0.3, 0.4) is 0 Å². The van der Waals surface area contributed by atoms with E-state index < -0.39 is 0 Å². The van der Waals surface area contributed by atoms with Crippen molar-refractivity contribution in [1.82, 2.24) is 15.5 Å². The Morgan fingerprint density at radius 3 is 2.73 bits per heavy atom. The Morgan fingerprint density at radius 2 is 2.09 bits per heavy atom. The van der Waals surface area contributed by atoms with Crippen molar-refractivity contribution in [2.24, 2.45) is 11.8 Å². The fraction of sp³-hybridized carbons (Fsp3) is 0.933. The van der Waals surface area contributed by atoms with Crippen molar-refractivity contribution in [3.63, 3.8) is 0 Å². The Hall–Kier alpha value is -0.0700. The van der Waals surface area contributed by atoms with Crippen molar-refractivity contribution in [3.05, 3.63) is 0 Å². The molecule has 7 heteroatoms. The molecular weight excluding hydrogens is 325 g/mol. The van der Waals surface area contributed by atoms with Crippen molar-refractivity contribution in [1.29, 1.82) is 0 Å². The minimum Gasteiger partial charge on any atom is -0.379 e. The normalized spacial score (nSPS) is 23.2. The minimum absolute atomic E-state index is 0. The van der Waals surface area contributed by atoms with Gasteiger partial charge in [-0.3, -0.25) is 9.69 Å². The second-order valence-electron chi connectivity index (χ2n) is 6.22. The summed E-state index contributed by atoms with van der Waals surface area (Å²) in [5.41, 5.74) is 0. The molecule has 2 saturated heterocycles. The Balaban J connectivity index is 0.00000220. The molecule has 2 heterocycles. The molecule has 2 aliphatic rings. The Kier molecular flexibility index (Phi) is 12.3. The summed E-state index contributed by atoms with van der Waals surface area (Å²) in [4.78, 5) is 14.3. The van der Waals surface area contributed by atoms with Gasteiger partial charge >= 0.3 is 0 Å². The number of carbonyl (C=O) groups is 1. The van der Waals surface area contributed by atoms with Crippen molar-refractivity contribution >= 4 is 30.7 Å². The van der Waals surface area contributed by atoms with Gasteiger partial charge in [0.05, 0.1) is 13.2 Å². The Morgan fingerprint density at radius 1 is 1.36 bits per heavy atom. The van der Waals surface area contributed by atoms with Crippen LogP contribution in [0.2, 0.25) is 0 Å². The van der Waals surface area contributed by atoms with Gasteiger partial charge in [-0.2, -0.15) is 0 Å². The molecule has 0 radical (unpaired) electrons. The SMILES string of the molecule is CC(CNC(=O)CCC1CCNC1)CN1CCOCC1.Cl.Cl. The standard InChI is InChI=1S/C15H29N3O2.2ClH/c1-13(12-18-6-8-20-9-7-18)10-17-15(19)3-2-14-4-5-16-11-14;;/h13-14,16H,2-12H2,1H3,(H,17,19);2*1H. The van der Waals surface area contributed by atoms with E-state index in [1.807, 2.05) is 0 Å². The summed E-state index contributed by atoms with van der Waals surface area (Å²) in [6.45, 7) is 9.97. The molecule has 0 aromatic heterocycles. The second kappa shape index (κ2) is 12.4. The summed E-state index contributed by atoms with van der Waals surface area (Å²) in [7, 11) is 0. The second-order valence-corrected chi connectivity index (χ2v) is 6.22. The summed E-state index contributed by atoms with van der Waals surface area (Å²) in [6.07, 6.45) is 2.92. The van der Waals surface area contributed by atoms with Crippen LogP contribution in [0.1, 0.15) is 26.2 Å². The van der Waals surface area contributed by atoms with Gasteiger partial charge in [0.25, 0.3) is 0 Å². The van der Waals surface area contributed by atoms with Crippen LogP contribution in [0, 0.1) is 11.8 Å². The highest BCUT2D eigenvalue weighted by Gasteiger charge is 2.17. The molecule has 22 heavy (non-hydrogen) atoms. The van der Waals surface area contributed by atoms with Crippen LogP contribution in [0.15, 0.2) is 0 Å². The van der Waals surface area contributed by atoms with Gasteiger partial charge in [-0.1, -0.05) is 6.92 Å². The van der Waals surface area contributed by atoms with Crippen molar-refractivity contribution < 1.29 is 9.53 Å². The fourth-order valence-corrected chi connectivity index (χ4v) is 2.96. The van der Waals surface area contributed by atoms with E-state index in [0.29, 0.717) is 18.3 Å². The third kappa shape index (κ3) is 8.53. The maximum atomic E-state index is 11.8. The first-order valence-corrected chi connectivity index (χ1v) is 8.01. The van der Waals surface area contributed by atoms with Gasteiger partial charge in [0.1, 0.15) is 0 Å². The van der Waals surface area contributed by atoms with Gasteiger partial charge in [-0.05, 0) is 37.8 Å². The first-order valence-electron chi connectivity index (χ1n) is 8.01. The lowest BCUT2D eigenvalue weighted by Gasteiger charge is -2.29. The molecule has 2 aliphatic heterocycles. The van der Waals surface area contributed by atoms with E-state index in [-0.39, 0.29) is 30.7 Å². The molecule has 2 N–H and O–H groups in total. The molecule has 1 amide bonds. The van der Waals surface area contributed by atoms with Gasteiger partial charge in [0.2, 0.25) is 5.91 Å². The number of ether oxygens (including phenoxy) is 1. The molecule has 132 valence electrons. The van der Waals surface area contributed by atoms with Crippen LogP contribution in [-0.2, 0) is 9.53 Å². The molecule has 2 fully saturated rings. The van der Waals surface area contributed by atoms with E-state index in [1.165, 1.54) is 6.42 Å². The topological polar surface area (TPSA) is 53.6 Å². The molecule has 2 rings (SSSR count). The van der Waals surface area contributed by atoms with Gasteiger partial charge < -0.3 is 15.4 Å². The van der Waals surface area contributed by atoms with Crippen LogP contribution >= 0.6 is 24.8 Å². The van der Waals surface area contributed by atoms with E-state index in [0.717, 1.165) is 58.9 Å². The van der Waals surface area contributed by atoms with E-state index in [9.17, 15) is 4.79 Å². The monoisotopic (exact) mass is 355 g/mol. The molecule has 0 spiro atoms. The average Bonchev–Trinajstić information content (AvgIpc) is 2.97. The zero-order valence-corrected chi connectivity index (χ0v) is 15.1. The summed E-state index contributed by atoms with van der Waals surface area (Å²) in [5.74, 6) is 1.42. The van der Waals surface area contributed by atoms with Gasteiger partial charge in [-0.15, -0.1) is 24.8 Å². The average molecular weight is 356 g/mol. The van der Waals surface area contributed by atoms with Gasteiger partial charge in [-0.25, -0.2) is 0 Å². The highest BCUT2D eigenvalue weighted by atomic mass is 35.5. The Labute approximate surface area is 146 Å². The van der Waals surface area contributed by atoms with Crippen molar-refractivity contribution in [3.8, 4) is 0 Å². The minimum atomic E-state index is 0. The molecular formula is C15H31Cl2N3O2. The van der Waals surface area contributed by atoms with Crippen LogP contribution < -0.4 is 10.6 Å². The predicted octanol–water partition coefficient (Wildman–Crippen LogP) is 1.30. The lowest BCUT2D eigenvalue weighted by atomic mass is 10.0. The number of amides is 1. The maximum absolute atomic E-state index is 11.8. The van der Waals surface area contributed by atoms with Gasteiger partial charge in [0.15, 0.2) is 0 Å². The third-order valence-electron chi connectivity index (χ3n) is 4.26. The lowest BCUT2D eigenvalue weighted by molar-refractivity contribution is -0.121. The first kappa shape index (κ1) is 21.9. The lowest BCUT2D eigenvalue weighted by Crippen LogP contribution is -2.41. The zero-order chi connectivity index (χ0) is 14.2. The van der Waals surface area contributed by atoms with E-state index in [2.05, 4.69) is 22.5 Å². The van der Waals surface area contributed by atoms with Crippen LogP contribution in [0.4, 0.5) is 0 Å². The highest BCUT2D eigenvalue weighted by molar-refractivity contribution is 5.85. The number of hydrogen-bond acceptors (Lipinski definition) is 4. The number of nitrogens with zero attached hydrogens (tertiary/aromatic N) is 1. The summed E-state index contributed by atoms with van der Waals surface area (Å²) in [5, 5.41) is 6.42. The highest BCUT2D eigenvalue weighted by Crippen LogP contribution is 2.14. The molecule has 0 aliphatic carbocycles. The molecule has 0 aromatic rings. The van der Waals surface area contributed by atoms with E-state index in [1.54, 1.807) is 0 Å². The fourth-order valence-electron chi connectivity index (χ4n) is 2.96. The summed E-state index contributed by atoms with van der Waals surface area (Å²) in [6, 6.07) is 0. The number of nitrogens with one attached hydrogen (secondary N) is 2. The van der Waals surface area contributed by atoms with Crippen molar-refractivity contribution in [2.75, 3.05) is 52.5 Å². The van der Waals surface area contributed by atoms with Crippen LogP contribution in [0.5, 0.6) is 0 Å². The quantitative estimate of drug-likeness (QED) is 0.722. The number of hydrogen-bond donors (Lipinski definition) is 2. The summed E-state index contributed by atoms with van der Waals surface area (Å²) < 4.78 is 5.34. The summed E-state index contributed by atoms with van der Waals surface area (Å²) >= 11 is 0. The molecule has 0 bridgehead atoms. The third-order valence-corrected chi connectivity index (χ3v) is 4.26. The first-order chi connectivity index (χ1) is 9.74. The molecule has 0 saturated carbocycles. The molecule has 0 aromatic carbocycles. The Bertz CT molecular complexity index is 297. The number of halogens is 2. The number of carbonyl (C=O) groups excluding carboxylic acids is 1. The zero-order valence-electron chi connectivity index (χ0n) is 13.5. The smallest absolute Gasteiger partial charge is 0.220 e. The predicted molar refractivity (Wildman–Crippen MR) is 94.1 cm³/mol. The molecule has 5 nitrogen and oxygen atoms in total. The maximum Gasteiger partial charge on any atom is 0.220 e. The largest absolute Gasteiger partial charge is 0.379 e. The molecule has 2 atom stereocenters. The van der Waals surface area contributed by atoms with E-state index >= 15 is 0 Å². The van der Waals surface area contributed by atoms with Crippen LogP contribution in [-0.4, -0.2) is 63.3 Å². The van der Waals surface area contributed by atoms with E-state index in [4.69, 9.17) is 4.74 Å². The number of morpholine rings is 1. The van der Waals surface area contributed by atoms with Crippen LogP contribution in [0.25, 0.3) is 0 Å². The number of rotatable bonds is 7. The van der Waals surface area contributed by atoms with Crippen molar-refractivity contribution in [2.45, 2.75) is 26.2 Å².